The molecule has 1 N–H and O–H groups in total. The predicted octanol–water partition coefficient (Wildman–Crippen LogP) is 5.72. The Morgan fingerprint density at radius 3 is 2.40 bits per heavy atom. The molecular weight excluding hydrogens is 258 g/mol. The lowest BCUT2D eigenvalue weighted by Crippen LogP contribution is -2.42. The number of hydrogen-bond donors (Lipinski definition) is 1. The van der Waals surface area contributed by atoms with Crippen LogP contribution in [0.25, 0.3) is 16.5 Å². The van der Waals surface area contributed by atoms with Crippen molar-refractivity contribution in [2.75, 3.05) is 0 Å². The van der Waals surface area contributed by atoms with E-state index in [-0.39, 0.29) is 0 Å². The summed E-state index contributed by atoms with van der Waals surface area (Å²) in [5.41, 5.74) is 6.26. The van der Waals surface area contributed by atoms with E-state index in [2.05, 4.69) is 76.1 Å². The van der Waals surface area contributed by atoms with Gasteiger partial charge in [0.1, 0.15) is 0 Å². The lowest BCUT2D eigenvalue weighted by atomic mass is 10.1. The average Bonchev–Trinajstić information content (AvgIpc) is 2.86. The number of para-hydroxylation sites is 1. The van der Waals surface area contributed by atoms with E-state index in [1.54, 1.807) is 5.56 Å². The molecule has 2 aromatic rings. The quantitative estimate of drug-likeness (QED) is 0.645. The first-order valence-electron chi connectivity index (χ1n) is 7.53. The molecule has 1 aliphatic rings. The van der Waals surface area contributed by atoms with Crippen molar-refractivity contribution < 1.29 is 0 Å². The van der Waals surface area contributed by atoms with Crippen molar-refractivity contribution in [3.05, 3.63) is 41.6 Å². The lowest BCUT2D eigenvalue weighted by Gasteiger charge is -2.41. The van der Waals surface area contributed by atoms with Crippen LogP contribution < -0.4 is 0 Å². The first kappa shape index (κ1) is 13.7. The van der Waals surface area contributed by atoms with E-state index in [4.69, 9.17) is 0 Å². The van der Waals surface area contributed by atoms with E-state index < -0.39 is 8.07 Å². The molecule has 0 fully saturated rings. The van der Waals surface area contributed by atoms with Crippen molar-refractivity contribution in [1.29, 1.82) is 0 Å². The Balaban J connectivity index is 2.25. The molecular formula is C18H25NSi. The summed E-state index contributed by atoms with van der Waals surface area (Å²) in [6, 6.07) is 8.75. The Hall–Kier alpha value is -1.28. The summed E-state index contributed by atoms with van der Waals surface area (Å²) in [5, 5.41) is 1.82. The zero-order valence-electron chi connectivity index (χ0n) is 13.5. The van der Waals surface area contributed by atoms with Crippen LogP contribution in [0, 0.1) is 0 Å². The van der Waals surface area contributed by atoms with Gasteiger partial charge in [0, 0.05) is 22.1 Å². The van der Waals surface area contributed by atoms with E-state index in [0.717, 1.165) is 0 Å². The van der Waals surface area contributed by atoms with Crippen LogP contribution in [0.15, 0.2) is 30.3 Å². The second-order valence-electron chi connectivity index (χ2n) is 7.76. The molecule has 106 valence electrons. The molecule has 1 atom stereocenters. The van der Waals surface area contributed by atoms with E-state index in [9.17, 15) is 0 Å². The maximum Gasteiger partial charge on any atom is 0.0650 e. The molecule has 20 heavy (non-hydrogen) atoms. The number of rotatable bonds is 1. The number of nitrogens with one attached hydrogen (secondary N) is 1. The van der Waals surface area contributed by atoms with Crippen molar-refractivity contribution >= 4 is 24.5 Å². The van der Waals surface area contributed by atoms with E-state index >= 15 is 0 Å². The van der Waals surface area contributed by atoms with Gasteiger partial charge in [0.05, 0.1) is 8.07 Å². The van der Waals surface area contributed by atoms with Crippen molar-refractivity contribution in [3.8, 4) is 0 Å². The topological polar surface area (TPSA) is 15.8 Å². The van der Waals surface area contributed by atoms with Gasteiger partial charge >= 0.3 is 0 Å². The molecule has 0 aliphatic heterocycles. The van der Waals surface area contributed by atoms with Crippen LogP contribution in [0.4, 0.5) is 0 Å². The Bertz CT molecular complexity index is 698. The van der Waals surface area contributed by atoms with Gasteiger partial charge in [-0.1, -0.05) is 58.1 Å². The molecule has 0 spiro atoms. The number of benzene rings is 1. The number of allylic oxidation sites excluding steroid dienone is 2. The van der Waals surface area contributed by atoms with Crippen LogP contribution in [-0.4, -0.2) is 13.1 Å². The van der Waals surface area contributed by atoms with Crippen molar-refractivity contribution in [2.45, 2.75) is 51.4 Å². The highest BCUT2D eigenvalue weighted by Gasteiger charge is 2.45. The van der Waals surface area contributed by atoms with Crippen molar-refractivity contribution in [3.63, 3.8) is 0 Å². The minimum atomic E-state index is -1.44. The number of aromatic nitrogens is 1. The molecule has 0 radical (unpaired) electrons. The maximum atomic E-state index is 3.63. The molecule has 1 unspecified atom stereocenters. The molecule has 0 saturated heterocycles. The monoisotopic (exact) mass is 283 g/mol. The summed E-state index contributed by atoms with van der Waals surface area (Å²) >= 11 is 0. The van der Waals surface area contributed by atoms with E-state index in [1.807, 2.05) is 0 Å². The summed E-state index contributed by atoms with van der Waals surface area (Å²) in [6.45, 7) is 14.6. The third-order valence-corrected chi connectivity index (χ3v) is 11.5. The van der Waals surface area contributed by atoms with Gasteiger partial charge in [-0.3, -0.25) is 0 Å². The Morgan fingerprint density at radius 1 is 1.10 bits per heavy atom. The van der Waals surface area contributed by atoms with E-state index in [0.29, 0.717) is 10.6 Å². The minimum absolute atomic E-state index is 0.397. The van der Waals surface area contributed by atoms with Gasteiger partial charge in [-0.2, -0.15) is 0 Å². The van der Waals surface area contributed by atoms with Crippen LogP contribution in [0.5, 0.6) is 0 Å². The first-order chi connectivity index (χ1) is 9.23. The Morgan fingerprint density at radius 2 is 1.75 bits per heavy atom. The van der Waals surface area contributed by atoms with Gasteiger partial charge in [0.2, 0.25) is 0 Å². The summed E-state index contributed by atoms with van der Waals surface area (Å²) < 4.78 is 0. The number of hydrogen-bond acceptors (Lipinski definition) is 0. The highest BCUT2D eigenvalue weighted by molar-refractivity contribution is 6.82. The highest BCUT2D eigenvalue weighted by atomic mass is 28.3. The molecule has 1 nitrogen and oxygen atoms in total. The lowest BCUT2D eigenvalue weighted by molar-refractivity contribution is 0.706. The molecule has 0 bridgehead atoms. The van der Waals surface area contributed by atoms with Gasteiger partial charge in [0.25, 0.3) is 0 Å². The third-order valence-electron chi connectivity index (χ3n) is 5.58. The second-order valence-corrected chi connectivity index (χ2v) is 13.3. The van der Waals surface area contributed by atoms with Crippen LogP contribution in [-0.2, 0) is 0 Å². The van der Waals surface area contributed by atoms with Gasteiger partial charge in [-0.05, 0) is 29.2 Å². The maximum absolute atomic E-state index is 3.63. The number of H-pyrrole nitrogens is 1. The van der Waals surface area contributed by atoms with Crippen LogP contribution in [0.2, 0.25) is 18.1 Å². The van der Waals surface area contributed by atoms with Gasteiger partial charge in [-0.25, -0.2) is 0 Å². The summed E-state index contributed by atoms with van der Waals surface area (Å²) in [6.07, 6.45) is 2.52. The zero-order chi connectivity index (χ0) is 14.7. The first-order valence-corrected chi connectivity index (χ1v) is 10.6. The fraction of sp³-hybridized carbons (Fsp3) is 0.444. The van der Waals surface area contributed by atoms with Crippen LogP contribution in [0.1, 0.15) is 44.5 Å². The van der Waals surface area contributed by atoms with Gasteiger partial charge < -0.3 is 4.98 Å². The van der Waals surface area contributed by atoms with Crippen molar-refractivity contribution in [2.24, 2.45) is 0 Å². The molecule has 1 aromatic carbocycles. The minimum Gasteiger partial charge on any atom is -0.355 e. The fourth-order valence-corrected chi connectivity index (χ4v) is 5.87. The highest BCUT2D eigenvalue weighted by Crippen LogP contribution is 2.51. The number of fused-ring (bicyclic) bond motifs is 3. The van der Waals surface area contributed by atoms with Gasteiger partial charge in [-0.15, -0.1) is 0 Å². The summed E-state index contributed by atoms with van der Waals surface area (Å²) in [7, 11) is -1.44. The number of aromatic amines is 1. The van der Waals surface area contributed by atoms with Crippen LogP contribution >= 0.6 is 0 Å². The molecule has 1 heterocycles. The van der Waals surface area contributed by atoms with Crippen LogP contribution in [0.3, 0.4) is 0 Å². The van der Waals surface area contributed by atoms with Crippen molar-refractivity contribution in [1.82, 2.24) is 4.98 Å². The fourth-order valence-electron chi connectivity index (χ4n) is 3.25. The van der Waals surface area contributed by atoms with Gasteiger partial charge in [0.15, 0.2) is 0 Å². The smallest absolute Gasteiger partial charge is 0.0650 e. The molecule has 0 saturated carbocycles. The molecule has 3 rings (SSSR count). The zero-order valence-corrected chi connectivity index (χ0v) is 14.5. The average molecular weight is 283 g/mol. The molecule has 0 amide bonds. The molecule has 1 aliphatic carbocycles. The SMILES string of the molecule is CC1=CC([Si](C)(C)C(C)(C)C)c2c1[nH]c1ccccc21. The summed E-state index contributed by atoms with van der Waals surface area (Å²) in [4.78, 5) is 3.63. The van der Waals surface area contributed by atoms with E-state index in [1.165, 1.54) is 22.2 Å². The molecule has 2 heteroatoms. The third kappa shape index (κ3) is 1.74. The summed E-state index contributed by atoms with van der Waals surface area (Å²) in [5.74, 6) is 0. The Labute approximate surface area is 123 Å². The Kier molecular flexibility index (Phi) is 2.81. The largest absolute Gasteiger partial charge is 0.355 e. The predicted molar refractivity (Wildman–Crippen MR) is 91.9 cm³/mol. The molecule has 1 aromatic heterocycles. The normalized spacial score (nSPS) is 19.3. The second kappa shape index (κ2) is 4.11. The standard InChI is InChI=1S/C18H25NSi/c1-12-11-15(20(5,6)18(2,3)4)16-13-9-7-8-10-14(13)19-17(12)16/h7-11,15,19H,1-6H3.